The van der Waals surface area contributed by atoms with Gasteiger partial charge < -0.3 is 30.3 Å². The first-order valence-corrected chi connectivity index (χ1v) is 7.22. The van der Waals surface area contributed by atoms with Crippen molar-refractivity contribution in [3.05, 3.63) is 43.5 Å². The van der Waals surface area contributed by atoms with E-state index < -0.39 is 60.4 Å². The van der Waals surface area contributed by atoms with Gasteiger partial charge in [0.05, 0.1) is 6.61 Å². The Balaban J connectivity index is 2.50. The molecule has 0 aromatic carbocycles. The molecular formula is C12H16FN5O8. The SMILES string of the molecule is [N-]=[N+]=N[C@]1([C@@H](O)[C@H](O)[C@H](O)CO)O[C@@H](n2ccc(=O)[nH]c2=O)[C@H](F)[C@@H]1O. The fourth-order valence-corrected chi connectivity index (χ4v) is 2.57. The number of nitrogens with zero attached hydrogens (tertiary/aromatic N) is 4. The predicted molar refractivity (Wildman–Crippen MR) is 79.3 cm³/mol. The summed E-state index contributed by atoms with van der Waals surface area (Å²) >= 11 is 0. The zero-order valence-electron chi connectivity index (χ0n) is 13.0. The van der Waals surface area contributed by atoms with E-state index in [1.54, 1.807) is 0 Å². The van der Waals surface area contributed by atoms with Crippen molar-refractivity contribution >= 4 is 0 Å². The number of halogens is 1. The molecule has 0 bridgehead atoms. The number of rotatable bonds is 6. The topological polar surface area (TPSA) is 214 Å². The number of aromatic nitrogens is 2. The number of H-pyrrole nitrogens is 1. The highest BCUT2D eigenvalue weighted by Gasteiger charge is 2.61. The van der Waals surface area contributed by atoms with E-state index in [0.717, 1.165) is 12.3 Å². The molecule has 0 saturated carbocycles. The molecule has 0 amide bonds. The van der Waals surface area contributed by atoms with Crippen molar-refractivity contribution < 1.29 is 34.7 Å². The molecular weight excluding hydrogens is 361 g/mol. The van der Waals surface area contributed by atoms with Gasteiger partial charge >= 0.3 is 5.69 Å². The van der Waals surface area contributed by atoms with Crippen molar-refractivity contribution in [2.24, 2.45) is 5.11 Å². The minimum absolute atomic E-state index is 0.533. The Morgan fingerprint density at radius 2 is 2.12 bits per heavy atom. The minimum atomic E-state index is -2.83. The number of aliphatic hydroxyl groups is 5. The van der Waals surface area contributed by atoms with E-state index in [4.69, 9.17) is 15.4 Å². The highest BCUT2D eigenvalue weighted by Crippen LogP contribution is 2.42. The van der Waals surface area contributed by atoms with Gasteiger partial charge in [0.15, 0.2) is 12.4 Å². The van der Waals surface area contributed by atoms with E-state index in [2.05, 4.69) is 10.0 Å². The normalized spacial score (nSPS) is 31.8. The molecule has 0 radical (unpaired) electrons. The zero-order valence-corrected chi connectivity index (χ0v) is 13.0. The third-order valence-electron chi connectivity index (χ3n) is 3.96. The van der Waals surface area contributed by atoms with Gasteiger partial charge in [0.25, 0.3) is 5.56 Å². The van der Waals surface area contributed by atoms with E-state index in [-0.39, 0.29) is 0 Å². The molecule has 144 valence electrons. The van der Waals surface area contributed by atoms with Crippen LogP contribution in [0.25, 0.3) is 10.4 Å². The van der Waals surface area contributed by atoms with Gasteiger partial charge in [-0.05, 0) is 5.53 Å². The van der Waals surface area contributed by atoms with Crippen molar-refractivity contribution in [2.75, 3.05) is 6.61 Å². The van der Waals surface area contributed by atoms with Crippen LogP contribution in [0.4, 0.5) is 4.39 Å². The molecule has 1 aromatic rings. The standard InChI is InChI=1S/C12H16FN5O8/c13-6-8(23)12(16-17-14,9(24)7(22)4(20)3-19)26-10(6)18-2-1-5(21)15-11(18)25/h1-2,4,6-10,19-20,22-24H,3H2,(H,15,21,25)/t4-,6-,7-,8+,9+,10-,12+/m1/s1. The molecule has 13 nitrogen and oxygen atoms in total. The van der Waals surface area contributed by atoms with Gasteiger partial charge in [-0.2, -0.15) is 0 Å². The summed E-state index contributed by atoms with van der Waals surface area (Å²) in [5.74, 6) is 0. The fourth-order valence-electron chi connectivity index (χ4n) is 2.57. The van der Waals surface area contributed by atoms with E-state index in [1.165, 1.54) is 0 Å². The van der Waals surface area contributed by atoms with Crippen LogP contribution in [0, 0.1) is 0 Å². The molecule has 14 heteroatoms. The van der Waals surface area contributed by atoms with Crippen LogP contribution in [0.3, 0.4) is 0 Å². The Bertz CT molecular complexity index is 809. The molecule has 1 aliphatic rings. The summed E-state index contributed by atoms with van der Waals surface area (Å²) in [6, 6.07) is 0.859. The molecule has 1 saturated heterocycles. The zero-order chi connectivity index (χ0) is 19.6. The van der Waals surface area contributed by atoms with E-state index >= 15 is 0 Å². The van der Waals surface area contributed by atoms with E-state index in [0.29, 0.717) is 4.57 Å². The van der Waals surface area contributed by atoms with Crippen molar-refractivity contribution in [3.63, 3.8) is 0 Å². The highest BCUT2D eigenvalue weighted by atomic mass is 19.1. The van der Waals surface area contributed by atoms with Crippen LogP contribution in [-0.2, 0) is 4.74 Å². The first kappa shape index (κ1) is 20.0. The molecule has 6 N–H and O–H groups in total. The predicted octanol–water partition coefficient (Wildman–Crippen LogP) is -3.15. The molecule has 7 atom stereocenters. The summed E-state index contributed by atoms with van der Waals surface area (Å²) in [6.07, 6.45) is -12.4. The smallest absolute Gasteiger partial charge is 0.330 e. The lowest BCUT2D eigenvalue weighted by Crippen LogP contribution is -2.58. The molecule has 0 unspecified atom stereocenters. The fraction of sp³-hybridized carbons (Fsp3) is 0.667. The molecule has 2 heterocycles. The number of alkyl halides is 1. The molecule has 1 aromatic heterocycles. The third kappa shape index (κ3) is 3.22. The van der Waals surface area contributed by atoms with Gasteiger partial charge in [0, 0.05) is 17.2 Å². The summed E-state index contributed by atoms with van der Waals surface area (Å²) in [7, 11) is 0. The number of aromatic amines is 1. The molecule has 0 spiro atoms. The Kier molecular flexibility index (Phi) is 5.77. The highest BCUT2D eigenvalue weighted by molar-refractivity contribution is 5.07. The Morgan fingerprint density at radius 1 is 1.46 bits per heavy atom. The second-order valence-electron chi connectivity index (χ2n) is 5.54. The lowest BCUT2D eigenvalue weighted by molar-refractivity contribution is -0.203. The van der Waals surface area contributed by atoms with Gasteiger partial charge in [0.2, 0.25) is 5.72 Å². The minimum Gasteiger partial charge on any atom is -0.394 e. The molecule has 26 heavy (non-hydrogen) atoms. The summed E-state index contributed by atoms with van der Waals surface area (Å²) < 4.78 is 20.2. The second-order valence-corrected chi connectivity index (χ2v) is 5.54. The summed E-state index contributed by atoms with van der Waals surface area (Å²) in [5.41, 5.74) is 3.96. The van der Waals surface area contributed by atoms with Crippen molar-refractivity contribution in [1.82, 2.24) is 9.55 Å². The van der Waals surface area contributed by atoms with Crippen LogP contribution in [0.5, 0.6) is 0 Å². The maximum atomic E-state index is 14.6. The largest absolute Gasteiger partial charge is 0.394 e. The number of nitrogens with one attached hydrogen (secondary N) is 1. The summed E-state index contributed by atoms with van der Waals surface area (Å²) in [4.78, 5) is 27.1. The van der Waals surface area contributed by atoms with Gasteiger partial charge in [-0.1, -0.05) is 5.11 Å². The van der Waals surface area contributed by atoms with Crippen LogP contribution in [0.15, 0.2) is 27.0 Å². The third-order valence-corrected chi connectivity index (χ3v) is 3.96. The lowest BCUT2D eigenvalue weighted by Gasteiger charge is -2.35. The Morgan fingerprint density at radius 3 is 2.65 bits per heavy atom. The summed E-state index contributed by atoms with van der Waals surface area (Å²) in [6.45, 7) is -1.01. The van der Waals surface area contributed by atoms with Gasteiger partial charge in [0.1, 0.15) is 24.4 Å². The summed E-state index contributed by atoms with van der Waals surface area (Å²) in [5, 5.41) is 51.4. The number of hydrogen-bond acceptors (Lipinski definition) is 9. The maximum absolute atomic E-state index is 14.6. The average molecular weight is 377 g/mol. The number of aliphatic hydroxyl groups excluding tert-OH is 5. The average Bonchev–Trinajstić information content (AvgIpc) is 2.86. The second kappa shape index (κ2) is 7.51. The maximum Gasteiger partial charge on any atom is 0.330 e. The van der Waals surface area contributed by atoms with Crippen LogP contribution >= 0.6 is 0 Å². The Labute approximate surface area is 143 Å². The number of ether oxygens (including phenoxy) is 1. The van der Waals surface area contributed by atoms with Crippen molar-refractivity contribution in [2.45, 2.75) is 42.5 Å². The Hall–Kier alpha value is -2.32. The van der Waals surface area contributed by atoms with Crippen molar-refractivity contribution in [1.29, 1.82) is 0 Å². The quantitative estimate of drug-likeness (QED) is 0.169. The van der Waals surface area contributed by atoms with E-state index in [1.807, 2.05) is 4.98 Å². The van der Waals surface area contributed by atoms with Crippen LogP contribution in [-0.4, -0.2) is 78.0 Å². The number of hydrogen-bond donors (Lipinski definition) is 6. The van der Waals surface area contributed by atoms with E-state index in [9.17, 15) is 34.4 Å². The molecule has 1 aliphatic heterocycles. The molecule has 2 rings (SSSR count). The molecule has 1 fully saturated rings. The number of azide groups is 1. The lowest BCUT2D eigenvalue weighted by atomic mass is 9.93. The molecule has 0 aliphatic carbocycles. The van der Waals surface area contributed by atoms with Gasteiger partial charge in [-0.3, -0.25) is 14.3 Å². The monoisotopic (exact) mass is 377 g/mol. The van der Waals surface area contributed by atoms with Crippen LogP contribution in [0.2, 0.25) is 0 Å². The van der Waals surface area contributed by atoms with Gasteiger partial charge in [-0.15, -0.1) is 0 Å². The van der Waals surface area contributed by atoms with Crippen LogP contribution in [0.1, 0.15) is 6.23 Å². The van der Waals surface area contributed by atoms with Crippen molar-refractivity contribution in [3.8, 4) is 0 Å². The van der Waals surface area contributed by atoms with Gasteiger partial charge in [-0.25, -0.2) is 9.18 Å². The first-order valence-electron chi connectivity index (χ1n) is 7.22. The first-order chi connectivity index (χ1) is 12.2. The van der Waals surface area contributed by atoms with Crippen LogP contribution < -0.4 is 11.2 Å².